The van der Waals surface area contributed by atoms with Crippen molar-refractivity contribution in [1.82, 2.24) is 15.5 Å². The van der Waals surface area contributed by atoms with Gasteiger partial charge in [-0.1, -0.05) is 42.5 Å². The molecule has 1 fully saturated rings. The van der Waals surface area contributed by atoms with Crippen LogP contribution in [-0.4, -0.2) is 66.8 Å². The third-order valence-electron chi connectivity index (χ3n) is 6.62. The van der Waals surface area contributed by atoms with Gasteiger partial charge in [-0.15, -0.1) is 0 Å². The summed E-state index contributed by atoms with van der Waals surface area (Å²) in [7, 11) is 1.63. The minimum atomic E-state index is -0.832. The van der Waals surface area contributed by atoms with Crippen LogP contribution in [0.15, 0.2) is 54.6 Å². The summed E-state index contributed by atoms with van der Waals surface area (Å²) < 4.78 is 5.26. The molecule has 2 aromatic carbocycles. The van der Waals surface area contributed by atoms with Gasteiger partial charge in [0.15, 0.2) is 0 Å². The second-order valence-electron chi connectivity index (χ2n) is 9.44. The molecule has 1 aliphatic rings. The normalized spacial score (nSPS) is 16.1. The SMILES string of the molecule is COc1cccc(CNC[C@@H](O)[C@H](Cc2ccccc2)NC(=O)[C@H](N)CCC(=O)N2CCCCC2)c1. The zero-order valence-electron chi connectivity index (χ0n) is 21.2. The zero-order chi connectivity index (χ0) is 25.8. The van der Waals surface area contributed by atoms with E-state index in [4.69, 9.17) is 10.5 Å². The van der Waals surface area contributed by atoms with Gasteiger partial charge >= 0.3 is 0 Å². The van der Waals surface area contributed by atoms with E-state index in [1.165, 1.54) is 0 Å². The Bertz CT molecular complexity index is 950. The molecule has 36 heavy (non-hydrogen) atoms. The van der Waals surface area contributed by atoms with Crippen LogP contribution in [0.5, 0.6) is 5.75 Å². The summed E-state index contributed by atoms with van der Waals surface area (Å²) in [5, 5.41) is 17.2. The zero-order valence-corrected chi connectivity index (χ0v) is 21.2. The number of carbonyl (C=O) groups excluding carboxylic acids is 2. The molecule has 0 radical (unpaired) electrons. The average molecular weight is 497 g/mol. The minimum Gasteiger partial charge on any atom is -0.497 e. The van der Waals surface area contributed by atoms with Crippen LogP contribution in [0.25, 0.3) is 0 Å². The molecule has 3 atom stereocenters. The maximum Gasteiger partial charge on any atom is 0.237 e. The van der Waals surface area contributed by atoms with Gasteiger partial charge in [0.25, 0.3) is 0 Å². The number of piperidine rings is 1. The molecule has 3 rings (SSSR count). The maximum absolute atomic E-state index is 12.9. The van der Waals surface area contributed by atoms with Crippen molar-refractivity contribution in [2.24, 2.45) is 5.73 Å². The highest BCUT2D eigenvalue weighted by molar-refractivity contribution is 5.83. The van der Waals surface area contributed by atoms with Crippen LogP contribution in [0.4, 0.5) is 0 Å². The highest BCUT2D eigenvalue weighted by Crippen LogP contribution is 2.13. The van der Waals surface area contributed by atoms with Crippen molar-refractivity contribution in [2.75, 3.05) is 26.7 Å². The van der Waals surface area contributed by atoms with Crippen LogP contribution in [0.3, 0.4) is 0 Å². The van der Waals surface area contributed by atoms with Crippen molar-refractivity contribution in [3.63, 3.8) is 0 Å². The Labute approximate surface area is 214 Å². The van der Waals surface area contributed by atoms with E-state index in [-0.39, 0.29) is 31.2 Å². The number of nitrogens with zero attached hydrogens (tertiary/aromatic N) is 1. The van der Waals surface area contributed by atoms with Crippen LogP contribution >= 0.6 is 0 Å². The number of nitrogens with one attached hydrogen (secondary N) is 2. The third-order valence-corrected chi connectivity index (χ3v) is 6.62. The number of nitrogens with two attached hydrogens (primary N) is 1. The molecule has 2 amide bonds. The van der Waals surface area contributed by atoms with Crippen molar-refractivity contribution in [3.8, 4) is 5.75 Å². The molecule has 1 aliphatic heterocycles. The lowest BCUT2D eigenvalue weighted by atomic mass is 10.00. The van der Waals surface area contributed by atoms with Gasteiger partial charge in [-0.3, -0.25) is 9.59 Å². The number of amides is 2. The van der Waals surface area contributed by atoms with Crippen LogP contribution in [0.1, 0.15) is 43.2 Å². The lowest BCUT2D eigenvalue weighted by Crippen LogP contribution is -2.53. The average Bonchev–Trinajstić information content (AvgIpc) is 2.92. The van der Waals surface area contributed by atoms with Gasteiger partial charge in [-0.05, 0) is 55.4 Å². The van der Waals surface area contributed by atoms with Crippen LogP contribution < -0.4 is 21.1 Å². The first kappa shape index (κ1) is 27.6. The van der Waals surface area contributed by atoms with Gasteiger partial charge < -0.3 is 31.1 Å². The monoisotopic (exact) mass is 496 g/mol. The molecule has 0 unspecified atom stereocenters. The molecule has 1 saturated heterocycles. The van der Waals surface area contributed by atoms with Gasteiger partial charge in [-0.2, -0.15) is 0 Å². The van der Waals surface area contributed by atoms with Gasteiger partial charge in [0.05, 0.1) is 25.3 Å². The van der Waals surface area contributed by atoms with Crippen molar-refractivity contribution < 1.29 is 19.4 Å². The fraction of sp³-hybridized carbons (Fsp3) is 0.500. The Hall–Kier alpha value is -2.94. The standard InChI is InChI=1S/C28H40N4O4/c1-36-23-12-8-11-22(17-23)19-30-20-26(33)25(18-21-9-4-2-5-10-21)31-28(35)24(29)13-14-27(34)32-15-6-3-7-16-32/h2,4-5,8-12,17,24-26,30,33H,3,6-7,13-16,18-20,29H2,1H3,(H,31,35)/t24-,25+,26-/m1/s1. The highest BCUT2D eigenvalue weighted by atomic mass is 16.5. The number of benzene rings is 2. The number of aliphatic hydroxyl groups is 1. The summed E-state index contributed by atoms with van der Waals surface area (Å²) in [5.41, 5.74) is 8.18. The predicted molar refractivity (Wildman–Crippen MR) is 140 cm³/mol. The number of hydrogen-bond donors (Lipinski definition) is 4. The molecule has 0 spiro atoms. The molecule has 0 aliphatic carbocycles. The Morgan fingerprint density at radius 3 is 2.50 bits per heavy atom. The second kappa shape index (κ2) is 14.6. The number of carbonyl (C=O) groups is 2. The number of rotatable bonds is 13. The second-order valence-corrected chi connectivity index (χ2v) is 9.44. The molecule has 5 N–H and O–H groups in total. The smallest absolute Gasteiger partial charge is 0.237 e. The fourth-order valence-electron chi connectivity index (χ4n) is 4.44. The molecule has 196 valence electrons. The van der Waals surface area contributed by atoms with Crippen molar-refractivity contribution in [2.45, 2.75) is 63.3 Å². The molecule has 2 aromatic rings. The van der Waals surface area contributed by atoms with Crippen molar-refractivity contribution >= 4 is 11.8 Å². The lowest BCUT2D eigenvalue weighted by molar-refractivity contribution is -0.132. The molecule has 8 nitrogen and oxygen atoms in total. The van der Waals surface area contributed by atoms with E-state index in [1.54, 1.807) is 7.11 Å². The topological polar surface area (TPSA) is 117 Å². The Kier molecular flexibility index (Phi) is 11.2. The summed E-state index contributed by atoms with van der Waals surface area (Å²) in [6.45, 7) is 2.42. The molecular weight excluding hydrogens is 456 g/mol. The van der Waals surface area contributed by atoms with Crippen LogP contribution in [0.2, 0.25) is 0 Å². The summed E-state index contributed by atoms with van der Waals surface area (Å²) in [5.74, 6) is 0.478. The third kappa shape index (κ3) is 8.93. The van der Waals surface area contributed by atoms with E-state index < -0.39 is 18.2 Å². The largest absolute Gasteiger partial charge is 0.497 e. The van der Waals surface area contributed by atoms with E-state index in [9.17, 15) is 14.7 Å². The first-order valence-electron chi connectivity index (χ1n) is 12.9. The number of aliphatic hydroxyl groups excluding tert-OH is 1. The van der Waals surface area contributed by atoms with E-state index in [0.717, 1.165) is 49.2 Å². The van der Waals surface area contributed by atoms with Gasteiger partial charge in [0.2, 0.25) is 11.8 Å². The first-order chi connectivity index (χ1) is 17.5. The highest BCUT2D eigenvalue weighted by Gasteiger charge is 2.25. The molecule has 0 aromatic heterocycles. The van der Waals surface area contributed by atoms with Gasteiger partial charge in [0, 0.05) is 32.6 Å². The number of likely N-dealkylation sites (tertiary alicyclic amines) is 1. The van der Waals surface area contributed by atoms with Crippen molar-refractivity contribution in [3.05, 3.63) is 65.7 Å². The maximum atomic E-state index is 12.9. The van der Waals surface area contributed by atoms with E-state index >= 15 is 0 Å². The number of methoxy groups -OCH3 is 1. The number of ether oxygens (including phenoxy) is 1. The Morgan fingerprint density at radius 1 is 1.06 bits per heavy atom. The molecule has 0 saturated carbocycles. The van der Waals surface area contributed by atoms with Gasteiger partial charge in [0.1, 0.15) is 5.75 Å². The Balaban J connectivity index is 1.53. The molecular formula is C28H40N4O4. The first-order valence-corrected chi connectivity index (χ1v) is 12.9. The summed E-state index contributed by atoms with van der Waals surface area (Å²) in [6, 6.07) is 16.1. The fourth-order valence-corrected chi connectivity index (χ4v) is 4.44. The predicted octanol–water partition coefficient (Wildman–Crippen LogP) is 1.99. The quantitative estimate of drug-likeness (QED) is 0.337. The van der Waals surface area contributed by atoms with Crippen molar-refractivity contribution in [1.29, 1.82) is 0 Å². The van der Waals surface area contributed by atoms with E-state index in [0.29, 0.717) is 13.0 Å². The molecule has 0 bridgehead atoms. The molecule has 1 heterocycles. The van der Waals surface area contributed by atoms with Crippen LogP contribution in [0, 0.1) is 0 Å². The molecule has 8 heteroatoms. The summed E-state index contributed by atoms with van der Waals surface area (Å²) >= 11 is 0. The lowest BCUT2D eigenvalue weighted by Gasteiger charge is -2.28. The summed E-state index contributed by atoms with van der Waals surface area (Å²) in [6.07, 6.45) is 3.39. The van der Waals surface area contributed by atoms with Gasteiger partial charge in [-0.25, -0.2) is 0 Å². The number of hydrogen-bond acceptors (Lipinski definition) is 6. The van der Waals surface area contributed by atoms with E-state index in [1.807, 2.05) is 59.5 Å². The van der Waals surface area contributed by atoms with Crippen LogP contribution in [-0.2, 0) is 22.6 Å². The summed E-state index contributed by atoms with van der Waals surface area (Å²) in [4.78, 5) is 27.2. The minimum absolute atomic E-state index is 0.0561. The van der Waals surface area contributed by atoms with E-state index in [2.05, 4.69) is 10.6 Å². The Morgan fingerprint density at radius 2 is 1.78 bits per heavy atom.